The first-order valence-electron chi connectivity index (χ1n) is 11.7. The van der Waals surface area contributed by atoms with Gasteiger partial charge in [0.1, 0.15) is 11.5 Å². The molecule has 5 N–H and O–H groups in total. The Morgan fingerprint density at radius 3 is 1.71 bits per heavy atom. The lowest BCUT2D eigenvalue weighted by Gasteiger charge is -2.19. The first kappa shape index (κ1) is 28.9. The fourth-order valence-electron chi connectivity index (χ4n) is 3.19. The van der Waals surface area contributed by atoms with Gasteiger partial charge in [-0.1, -0.05) is 78.1 Å². The molecule has 31 heavy (non-hydrogen) atoms. The van der Waals surface area contributed by atoms with Crippen LogP contribution in [0.5, 0.6) is 0 Å². The van der Waals surface area contributed by atoms with Crippen LogP contribution >= 0.6 is 0 Å². The molecule has 0 radical (unpaired) electrons. The van der Waals surface area contributed by atoms with Crippen LogP contribution in [0.4, 0.5) is 0 Å². The maximum atomic E-state index is 12.3. The Morgan fingerprint density at radius 1 is 0.806 bits per heavy atom. The number of hydrogen-bond acceptors (Lipinski definition) is 5. The summed E-state index contributed by atoms with van der Waals surface area (Å²) in [6.07, 6.45) is 11.7. The van der Waals surface area contributed by atoms with E-state index in [9.17, 15) is 24.6 Å². The normalized spacial score (nSPS) is 13.8. The number of amides is 2. The van der Waals surface area contributed by atoms with E-state index in [0.717, 1.165) is 19.3 Å². The first-order valence-corrected chi connectivity index (χ1v) is 11.7. The lowest BCUT2D eigenvalue weighted by atomic mass is 10.1. The Labute approximate surface area is 186 Å². The zero-order valence-corrected chi connectivity index (χ0v) is 19.4. The molecule has 0 bridgehead atoms. The van der Waals surface area contributed by atoms with Gasteiger partial charge < -0.3 is 26.0 Å². The van der Waals surface area contributed by atoms with Gasteiger partial charge in [-0.2, -0.15) is 0 Å². The number of rotatable bonds is 18. The van der Waals surface area contributed by atoms with Crippen molar-refractivity contribution in [1.82, 2.24) is 10.6 Å². The Morgan fingerprint density at radius 2 is 1.29 bits per heavy atom. The highest BCUT2D eigenvalue weighted by atomic mass is 16.4. The number of carboxylic acids is 1. The van der Waals surface area contributed by atoms with Gasteiger partial charge in [-0.25, -0.2) is 4.79 Å². The van der Waals surface area contributed by atoms with E-state index in [1.807, 2.05) is 0 Å². The number of hydrogen-bond donors (Lipinski definition) is 5. The Balaban J connectivity index is 4.30. The average molecular weight is 443 g/mol. The van der Waals surface area contributed by atoms with Crippen LogP contribution in [-0.4, -0.2) is 45.2 Å². The van der Waals surface area contributed by atoms with Gasteiger partial charge >= 0.3 is 5.97 Å². The number of aliphatic carboxylic acids is 1. The van der Waals surface area contributed by atoms with E-state index in [2.05, 4.69) is 17.6 Å². The third-order valence-electron chi connectivity index (χ3n) is 5.16. The van der Waals surface area contributed by atoms with Gasteiger partial charge in [0.25, 0.3) is 5.91 Å². The minimum absolute atomic E-state index is 0.0912. The van der Waals surface area contributed by atoms with Crippen molar-refractivity contribution in [1.29, 1.82) is 0 Å². The van der Waals surface area contributed by atoms with Crippen LogP contribution in [0.15, 0.2) is 11.5 Å². The van der Waals surface area contributed by atoms with Crippen LogP contribution in [0, 0.1) is 0 Å². The summed E-state index contributed by atoms with van der Waals surface area (Å²) in [7, 11) is 0. The van der Waals surface area contributed by atoms with Gasteiger partial charge in [0.2, 0.25) is 5.91 Å². The van der Waals surface area contributed by atoms with Crippen LogP contribution < -0.4 is 10.6 Å². The summed E-state index contributed by atoms with van der Waals surface area (Å²) in [5.41, 5.74) is -0.373. The molecule has 2 amide bonds. The first-order chi connectivity index (χ1) is 14.7. The fourth-order valence-corrected chi connectivity index (χ4v) is 3.19. The maximum Gasteiger partial charge on any atom is 0.328 e. The molecule has 0 saturated heterocycles. The highest BCUT2D eigenvalue weighted by Crippen LogP contribution is 2.12. The lowest BCUT2D eigenvalue weighted by Crippen LogP contribution is -2.50. The summed E-state index contributed by atoms with van der Waals surface area (Å²) < 4.78 is 0. The Kier molecular flexibility index (Phi) is 16.4. The van der Waals surface area contributed by atoms with E-state index in [1.54, 1.807) is 6.92 Å². The van der Waals surface area contributed by atoms with Crippen LogP contribution in [0.3, 0.4) is 0 Å². The number of carboxylic acid groups (broad SMARTS) is 1. The molecule has 0 aliphatic carbocycles. The van der Waals surface area contributed by atoms with E-state index in [-0.39, 0.29) is 24.3 Å². The summed E-state index contributed by atoms with van der Waals surface area (Å²) in [6, 6.07) is -1.55. The van der Waals surface area contributed by atoms with Crippen molar-refractivity contribution in [2.75, 3.05) is 0 Å². The second-order valence-electron chi connectivity index (χ2n) is 8.04. The highest BCUT2D eigenvalue weighted by Gasteiger charge is 2.28. The van der Waals surface area contributed by atoms with Crippen LogP contribution in [0.1, 0.15) is 104 Å². The van der Waals surface area contributed by atoms with E-state index >= 15 is 0 Å². The van der Waals surface area contributed by atoms with Gasteiger partial charge in [0.05, 0.1) is 6.10 Å². The van der Waals surface area contributed by atoms with Crippen molar-refractivity contribution in [2.45, 2.75) is 116 Å². The van der Waals surface area contributed by atoms with Gasteiger partial charge in [0.15, 0.2) is 6.04 Å². The van der Waals surface area contributed by atoms with Crippen molar-refractivity contribution < 1.29 is 29.7 Å². The van der Waals surface area contributed by atoms with Crippen LogP contribution in [0.2, 0.25) is 0 Å². The molecular formula is C23H42N2O6. The number of unbranched alkanes of at least 4 members (excludes halogenated alkanes) is 10. The van der Waals surface area contributed by atoms with Crippen LogP contribution in [0.25, 0.3) is 0 Å². The Hall–Kier alpha value is -2.09. The van der Waals surface area contributed by atoms with E-state index in [0.29, 0.717) is 6.42 Å². The highest BCUT2D eigenvalue weighted by molar-refractivity contribution is 5.99. The number of allylic oxidation sites excluding steroid dienone is 1. The summed E-state index contributed by atoms with van der Waals surface area (Å²) >= 11 is 0. The monoisotopic (exact) mass is 442 g/mol. The molecule has 0 heterocycles. The molecule has 0 saturated carbocycles. The molecule has 0 aromatic carbocycles. The molecule has 2 unspecified atom stereocenters. The largest absolute Gasteiger partial charge is 0.510 e. The van der Waals surface area contributed by atoms with Gasteiger partial charge in [-0.3, -0.25) is 9.59 Å². The SMILES string of the molecule is CCCCCCCCCCCCCC(=O)NC(C(=O)NC(C(=O)O)C(C)O)=C(O)CC. The lowest BCUT2D eigenvalue weighted by molar-refractivity contribution is -0.144. The smallest absolute Gasteiger partial charge is 0.328 e. The van der Waals surface area contributed by atoms with Crippen molar-refractivity contribution in [3.8, 4) is 0 Å². The van der Waals surface area contributed by atoms with E-state index in [1.165, 1.54) is 51.9 Å². The zero-order chi connectivity index (χ0) is 23.6. The zero-order valence-electron chi connectivity index (χ0n) is 19.4. The summed E-state index contributed by atoms with van der Waals surface area (Å²) in [6.45, 7) is 5.04. The molecule has 8 heteroatoms. The summed E-state index contributed by atoms with van der Waals surface area (Å²) in [5.74, 6) is -3.12. The van der Waals surface area contributed by atoms with Crippen LogP contribution in [-0.2, 0) is 14.4 Å². The molecule has 0 aliphatic rings. The quantitative estimate of drug-likeness (QED) is 0.124. The number of carbonyl (C=O) groups excluding carboxylic acids is 2. The predicted octanol–water partition coefficient (Wildman–Crippen LogP) is 3.93. The second kappa shape index (κ2) is 17.6. The minimum atomic E-state index is -1.55. The number of aliphatic hydroxyl groups excluding tert-OH is 2. The molecule has 0 aromatic heterocycles. The van der Waals surface area contributed by atoms with Crippen molar-refractivity contribution in [3.05, 3.63) is 11.5 Å². The molecule has 2 atom stereocenters. The number of aliphatic hydroxyl groups is 2. The van der Waals surface area contributed by atoms with Crippen molar-refractivity contribution in [3.63, 3.8) is 0 Å². The molecule has 0 fully saturated rings. The summed E-state index contributed by atoms with van der Waals surface area (Å²) in [5, 5.41) is 33.1. The average Bonchev–Trinajstić information content (AvgIpc) is 2.72. The molecular weight excluding hydrogens is 400 g/mol. The third kappa shape index (κ3) is 13.8. The number of carbonyl (C=O) groups is 3. The standard InChI is InChI=1S/C23H42N2O6/c1-4-6-7-8-9-10-11-12-13-14-15-16-19(28)24-21(18(27)5-2)22(29)25-20(17(3)26)23(30)31/h17,20,26-27H,4-16H2,1-3H3,(H,24,28)(H,25,29)(H,30,31). The van der Waals surface area contributed by atoms with E-state index in [4.69, 9.17) is 5.11 Å². The van der Waals surface area contributed by atoms with Gasteiger partial charge in [0, 0.05) is 12.8 Å². The molecule has 0 aromatic rings. The predicted molar refractivity (Wildman–Crippen MR) is 120 cm³/mol. The molecule has 180 valence electrons. The molecule has 0 aliphatic heterocycles. The van der Waals surface area contributed by atoms with E-state index < -0.39 is 29.9 Å². The fraction of sp³-hybridized carbons (Fsp3) is 0.783. The van der Waals surface area contributed by atoms with Crippen molar-refractivity contribution in [2.24, 2.45) is 0 Å². The molecule has 0 rings (SSSR count). The third-order valence-corrected chi connectivity index (χ3v) is 5.16. The second-order valence-corrected chi connectivity index (χ2v) is 8.04. The van der Waals surface area contributed by atoms with Gasteiger partial charge in [-0.05, 0) is 13.3 Å². The Bertz CT molecular complexity index is 574. The molecule has 0 spiro atoms. The number of nitrogens with one attached hydrogen (secondary N) is 2. The minimum Gasteiger partial charge on any atom is -0.510 e. The topological polar surface area (TPSA) is 136 Å². The van der Waals surface area contributed by atoms with Crippen molar-refractivity contribution >= 4 is 17.8 Å². The summed E-state index contributed by atoms with van der Waals surface area (Å²) in [4.78, 5) is 35.7. The maximum absolute atomic E-state index is 12.3. The van der Waals surface area contributed by atoms with Gasteiger partial charge in [-0.15, -0.1) is 0 Å². The molecule has 8 nitrogen and oxygen atoms in total.